The van der Waals surface area contributed by atoms with Crippen LogP contribution in [0.1, 0.15) is 15.9 Å². The molecule has 1 N–H and O–H groups in total. The molecule has 0 aliphatic carbocycles. The molecule has 0 radical (unpaired) electrons. The van der Waals surface area contributed by atoms with Crippen LogP contribution >= 0.6 is 0 Å². The molecule has 8 heteroatoms. The van der Waals surface area contributed by atoms with Crippen LogP contribution in [0.2, 0.25) is 0 Å². The highest BCUT2D eigenvalue weighted by molar-refractivity contribution is 5.99. The Bertz CT molecular complexity index is 967. The van der Waals surface area contributed by atoms with Gasteiger partial charge in [0.25, 0.3) is 5.91 Å². The van der Waals surface area contributed by atoms with Crippen LogP contribution in [0, 0.1) is 11.6 Å². The van der Waals surface area contributed by atoms with Gasteiger partial charge in [0.2, 0.25) is 11.8 Å². The van der Waals surface area contributed by atoms with Crippen LogP contribution in [-0.2, 0) is 16.0 Å². The van der Waals surface area contributed by atoms with Gasteiger partial charge in [-0.1, -0.05) is 30.3 Å². The van der Waals surface area contributed by atoms with E-state index in [1.807, 2.05) is 30.3 Å². The van der Waals surface area contributed by atoms with E-state index in [-0.39, 0.29) is 37.0 Å². The number of piperazine rings is 2. The lowest BCUT2D eigenvalue weighted by atomic mass is 9.98. The van der Waals surface area contributed by atoms with E-state index in [0.29, 0.717) is 6.42 Å². The maximum Gasteiger partial charge on any atom is 0.257 e. The number of fused-ring (bicyclic) bond motifs is 1. The van der Waals surface area contributed by atoms with Gasteiger partial charge in [-0.25, -0.2) is 8.78 Å². The molecule has 0 unspecified atom stereocenters. The molecule has 2 saturated heterocycles. The van der Waals surface area contributed by atoms with Crippen molar-refractivity contribution in [3.8, 4) is 0 Å². The molecule has 2 aliphatic rings. The molecule has 0 saturated carbocycles. The summed E-state index contributed by atoms with van der Waals surface area (Å²) in [4.78, 5) is 40.9. The van der Waals surface area contributed by atoms with Crippen molar-refractivity contribution in [3.05, 3.63) is 71.3 Å². The zero-order chi connectivity index (χ0) is 20.5. The lowest BCUT2D eigenvalue weighted by Crippen LogP contribution is -2.70. The van der Waals surface area contributed by atoms with Crippen molar-refractivity contribution in [1.29, 1.82) is 0 Å². The molecule has 2 aliphatic heterocycles. The number of rotatable bonds is 3. The van der Waals surface area contributed by atoms with Crippen molar-refractivity contribution in [1.82, 2.24) is 15.1 Å². The average Bonchev–Trinajstić information content (AvgIpc) is 2.73. The van der Waals surface area contributed by atoms with Gasteiger partial charge in [-0.05, 0) is 23.8 Å². The molecule has 3 amide bonds. The van der Waals surface area contributed by atoms with Gasteiger partial charge < -0.3 is 15.1 Å². The van der Waals surface area contributed by atoms with Crippen LogP contribution in [-0.4, -0.2) is 59.2 Å². The van der Waals surface area contributed by atoms with E-state index in [2.05, 4.69) is 5.32 Å². The largest absolute Gasteiger partial charge is 0.342 e. The number of hydrogen-bond donors (Lipinski definition) is 1. The van der Waals surface area contributed by atoms with E-state index in [9.17, 15) is 23.2 Å². The topological polar surface area (TPSA) is 69.7 Å². The summed E-state index contributed by atoms with van der Waals surface area (Å²) in [7, 11) is 0. The summed E-state index contributed by atoms with van der Waals surface area (Å²) in [6.07, 6.45) is 0.381. The Kier molecular flexibility index (Phi) is 5.00. The Balaban J connectivity index is 1.48. The van der Waals surface area contributed by atoms with E-state index in [1.54, 1.807) is 0 Å². The van der Waals surface area contributed by atoms with E-state index >= 15 is 0 Å². The third-order valence-electron chi connectivity index (χ3n) is 5.31. The number of carbonyl (C=O) groups is 3. The SMILES string of the molecule is O=C1N[C@@H](Cc2ccccc2)C(=O)N2CCN(C(=O)c3cc(F)ccc3F)C[C@H]12. The Morgan fingerprint density at radius 2 is 1.83 bits per heavy atom. The van der Waals surface area contributed by atoms with E-state index < -0.39 is 29.6 Å². The number of amides is 3. The van der Waals surface area contributed by atoms with Gasteiger partial charge in [0, 0.05) is 19.5 Å². The minimum absolute atomic E-state index is 0.0651. The quantitative estimate of drug-likeness (QED) is 0.848. The number of carbonyl (C=O) groups excluding carboxylic acids is 3. The van der Waals surface area contributed by atoms with Gasteiger partial charge in [-0.3, -0.25) is 14.4 Å². The second-order valence-electron chi connectivity index (χ2n) is 7.17. The monoisotopic (exact) mass is 399 g/mol. The van der Waals surface area contributed by atoms with Crippen LogP contribution in [0.25, 0.3) is 0 Å². The molecule has 29 heavy (non-hydrogen) atoms. The minimum atomic E-state index is -0.844. The minimum Gasteiger partial charge on any atom is -0.342 e. The van der Waals surface area contributed by atoms with Crippen molar-refractivity contribution in [2.45, 2.75) is 18.5 Å². The fraction of sp³-hybridized carbons (Fsp3) is 0.286. The number of nitrogens with zero attached hydrogens (tertiary/aromatic N) is 2. The third-order valence-corrected chi connectivity index (χ3v) is 5.31. The van der Waals surface area contributed by atoms with Crippen molar-refractivity contribution in [3.63, 3.8) is 0 Å². The second kappa shape index (κ2) is 7.62. The Labute approximate surface area is 166 Å². The Morgan fingerprint density at radius 3 is 2.59 bits per heavy atom. The van der Waals surface area contributed by atoms with E-state index in [1.165, 1.54) is 9.80 Å². The fourth-order valence-electron chi connectivity index (χ4n) is 3.81. The highest BCUT2D eigenvalue weighted by Crippen LogP contribution is 2.21. The molecule has 0 bridgehead atoms. The number of benzene rings is 2. The van der Waals surface area contributed by atoms with E-state index in [0.717, 1.165) is 23.8 Å². The predicted octanol–water partition coefficient (Wildman–Crippen LogP) is 1.36. The lowest BCUT2D eigenvalue weighted by molar-refractivity contribution is -0.152. The van der Waals surface area contributed by atoms with Gasteiger partial charge in [-0.2, -0.15) is 0 Å². The molecular formula is C21H19F2N3O3. The summed E-state index contributed by atoms with van der Waals surface area (Å²) in [5.41, 5.74) is 0.544. The zero-order valence-electron chi connectivity index (χ0n) is 15.5. The molecule has 2 aromatic carbocycles. The van der Waals surface area contributed by atoms with Crippen molar-refractivity contribution < 1.29 is 23.2 Å². The van der Waals surface area contributed by atoms with Crippen LogP contribution in [0.3, 0.4) is 0 Å². The first-order chi connectivity index (χ1) is 13.9. The molecule has 2 fully saturated rings. The van der Waals surface area contributed by atoms with E-state index in [4.69, 9.17) is 0 Å². The average molecular weight is 399 g/mol. The Hall–Kier alpha value is -3.29. The molecule has 4 rings (SSSR count). The molecule has 2 heterocycles. The number of hydrogen-bond acceptors (Lipinski definition) is 3. The summed E-state index contributed by atoms with van der Waals surface area (Å²) >= 11 is 0. The van der Waals surface area contributed by atoms with Crippen LogP contribution < -0.4 is 5.32 Å². The van der Waals surface area contributed by atoms with Gasteiger partial charge in [0.15, 0.2) is 0 Å². The maximum absolute atomic E-state index is 13.9. The fourth-order valence-corrected chi connectivity index (χ4v) is 3.81. The van der Waals surface area contributed by atoms with Crippen LogP contribution in [0.15, 0.2) is 48.5 Å². The third kappa shape index (κ3) is 3.70. The molecule has 0 aromatic heterocycles. The predicted molar refractivity (Wildman–Crippen MR) is 99.8 cm³/mol. The summed E-state index contributed by atoms with van der Waals surface area (Å²) in [6.45, 7) is 0.234. The number of nitrogens with one attached hydrogen (secondary N) is 1. The molecule has 0 spiro atoms. The lowest BCUT2D eigenvalue weighted by Gasteiger charge is -2.45. The first-order valence-corrected chi connectivity index (χ1v) is 9.33. The normalized spacial score (nSPS) is 21.6. The smallest absolute Gasteiger partial charge is 0.257 e. The first kappa shape index (κ1) is 19.0. The van der Waals surface area contributed by atoms with Gasteiger partial charge in [0.1, 0.15) is 23.7 Å². The highest BCUT2D eigenvalue weighted by atomic mass is 19.1. The van der Waals surface area contributed by atoms with Crippen molar-refractivity contribution in [2.24, 2.45) is 0 Å². The molecule has 2 aromatic rings. The second-order valence-corrected chi connectivity index (χ2v) is 7.17. The molecule has 6 nitrogen and oxygen atoms in total. The summed E-state index contributed by atoms with van der Waals surface area (Å²) in [5, 5.41) is 2.73. The van der Waals surface area contributed by atoms with Gasteiger partial charge in [-0.15, -0.1) is 0 Å². The first-order valence-electron chi connectivity index (χ1n) is 9.33. The highest BCUT2D eigenvalue weighted by Gasteiger charge is 2.44. The zero-order valence-corrected chi connectivity index (χ0v) is 15.5. The summed E-state index contributed by atoms with van der Waals surface area (Å²) in [5.74, 6) is -2.81. The molecule has 2 atom stereocenters. The maximum atomic E-state index is 13.9. The molecule has 150 valence electrons. The van der Waals surface area contributed by atoms with Gasteiger partial charge in [0.05, 0.1) is 12.1 Å². The van der Waals surface area contributed by atoms with Crippen LogP contribution in [0.5, 0.6) is 0 Å². The molecular weight excluding hydrogens is 380 g/mol. The summed E-state index contributed by atoms with van der Waals surface area (Å²) < 4.78 is 27.4. The Morgan fingerprint density at radius 1 is 1.07 bits per heavy atom. The summed E-state index contributed by atoms with van der Waals surface area (Å²) in [6, 6.07) is 10.5. The number of halogens is 2. The van der Waals surface area contributed by atoms with Gasteiger partial charge >= 0.3 is 0 Å². The standard InChI is InChI=1S/C21H19F2N3O3/c22-14-6-7-16(23)15(11-14)20(28)25-8-9-26-18(12-25)19(27)24-17(21(26)29)10-13-4-2-1-3-5-13/h1-7,11,17-18H,8-10,12H2,(H,24,27)/t17-,18+/m0/s1. The van der Waals surface area contributed by atoms with Crippen LogP contribution in [0.4, 0.5) is 8.78 Å². The van der Waals surface area contributed by atoms with Crippen molar-refractivity contribution in [2.75, 3.05) is 19.6 Å². The van der Waals surface area contributed by atoms with Crippen molar-refractivity contribution >= 4 is 17.7 Å².